The fraction of sp³-hybridized carbons (Fsp3) is 0.727. The normalized spacial score (nSPS) is 30.8. The van der Waals surface area contributed by atoms with Crippen LogP contribution in [0.5, 0.6) is 0 Å². The van der Waals surface area contributed by atoms with Crippen molar-refractivity contribution in [2.24, 2.45) is 0 Å². The number of hydrogen-bond donors (Lipinski definition) is 0. The van der Waals surface area contributed by atoms with Gasteiger partial charge in [0.2, 0.25) is 0 Å². The van der Waals surface area contributed by atoms with Gasteiger partial charge in [-0.2, -0.15) is 0 Å². The lowest BCUT2D eigenvalue weighted by molar-refractivity contribution is 0.0940. The van der Waals surface area contributed by atoms with Gasteiger partial charge in [-0.15, -0.1) is 0 Å². The van der Waals surface area contributed by atoms with Crippen LogP contribution in [0, 0.1) is 0 Å². The number of benzene rings is 1. The van der Waals surface area contributed by atoms with Gasteiger partial charge in [0.1, 0.15) is 0 Å². The van der Waals surface area contributed by atoms with Crippen LogP contribution in [0.15, 0.2) is 24.3 Å². The summed E-state index contributed by atoms with van der Waals surface area (Å²) in [7, 11) is 4.55. The van der Waals surface area contributed by atoms with E-state index in [0.29, 0.717) is 6.04 Å². The molecule has 0 bridgehead atoms. The monoisotopic (exact) mass is 341 g/mol. The Labute approximate surface area is 154 Å². The van der Waals surface area contributed by atoms with Crippen LogP contribution in [-0.4, -0.2) is 67.6 Å². The maximum Gasteiger partial charge on any atom is 0.0345 e. The minimum absolute atomic E-state index is 0.647. The van der Waals surface area contributed by atoms with Crippen LogP contribution in [0.2, 0.25) is 0 Å². The molecule has 1 aromatic rings. The third-order valence-corrected chi connectivity index (χ3v) is 6.94. The van der Waals surface area contributed by atoms with E-state index in [2.05, 4.69) is 53.1 Å². The first-order valence-corrected chi connectivity index (χ1v) is 10.4. The molecule has 1 aromatic carbocycles. The summed E-state index contributed by atoms with van der Waals surface area (Å²) in [6.07, 6.45) is 8.12. The van der Waals surface area contributed by atoms with E-state index in [1.165, 1.54) is 71.2 Å². The molecule has 3 heterocycles. The van der Waals surface area contributed by atoms with Crippen molar-refractivity contribution in [3.8, 4) is 0 Å². The van der Waals surface area contributed by atoms with Crippen molar-refractivity contribution in [3.63, 3.8) is 0 Å². The Balaban J connectivity index is 1.44. The summed E-state index contributed by atoms with van der Waals surface area (Å²) < 4.78 is 0. The van der Waals surface area contributed by atoms with Gasteiger partial charge in [0.15, 0.2) is 0 Å². The molecular formula is C22H35N3. The number of likely N-dealkylation sites (tertiary alicyclic amines) is 3. The van der Waals surface area contributed by atoms with Crippen molar-refractivity contribution in [1.29, 1.82) is 0 Å². The molecule has 25 heavy (non-hydrogen) atoms. The zero-order valence-electron chi connectivity index (χ0n) is 16.2. The Bertz CT molecular complexity index is 564. The summed E-state index contributed by atoms with van der Waals surface area (Å²) in [6.45, 7) is 6.39. The highest BCUT2D eigenvalue weighted by Gasteiger charge is 2.29. The van der Waals surface area contributed by atoms with Crippen molar-refractivity contribution in [2.75, 3.05) is 46.8 Å². The fourth-order valence-corrected chi connectivity index (χ4v) is 5.32. The molecule has 0 radical (unpaired) electrons. The van der Waals surface area contributed by atoms with Crippen molar-refractivity contribution < 1.29 is 0 Å². The van der Waals surface area contributed by atoms with E-state index in [4.69, 9.17) is 0 Å². The lowest BCUT2D eigenvalue weighted by Gasteiger charge is -2.42. The van der Waals surface area contributed by atoms with Gasteiger partial charge in [0.05, 0.1) is 0 Å². The number of hydrogen-bond acceptors (Lipinski definition) is 3. The summed E-state index contributed by atoms with van der Waals surface area (Å²) in [5, 5.41) is 0. The fourth-order valence-electron chi connectivity index (χ4n) is 5.32. The summed E-state index contributed by atoms with van der Waals surface area (Å²) in [6, 6.07) is 11.1. The second-order valence-electron chi connectivity index (χ2n) is 8.68. The third kappa shape index (κ3) is 3.94. The maximum absolute atomic E-state index is 2.82. The smallest absolute Gasteiger partial charge is 0.0345 e. The molecule has 0 spiro atoms. The van der Waals surface area contributed by atoms with Crippen LogP contribution in [0.25, 0.3) is 0 Å². The van der Waals surface area contributed by atoms with Crippen molar-refractivity contribution >= 4 is 0 Å². The second-order valence-corrected chi connectivity index (χ2v) is 8.68. The zero-order chi connectivity index (χ0) is 17.2. The Morgan fingerprint density at radius 1 is 0.840 bits per heavy atom. The first-order chi connectivity index (χ1) is 12.2. The maximum atomic E-state index is 2.82. The molecule has 3 fully saturated rings. The third-order valence-electron chi connectivity index (χ3n) is 6.94. The molecule has 138 valence electrons. The molecule has 3 heteroatoms. The van der Waals surface area contributed by atoms with Gasteiger partial charge in [-0.05, 0) is 95.8 Å². The van der Waals surface area contributed by atoms with Crippen LogP contribution < -0.4 is 0 Å². The minimum Gasteiger partial charge on any atom is -0.306 e. The molecule has 3 saturated heterocycles. The van der Waals surface area contributed by atoms with Crippen LogP contribution in [0.1, 0.15) is 61.6 Å². The molecular weight excluding hydrogens is 306 g/mol. The molecule has 3 nitrogen and oxygen atoms in total. The lowest BCUT2D eigenvalue weighted by atomic mass is 9.87. The van der Waals surface area contributed by atoms with Crippen LogP contribution in [-0.2, 0) is 0 Å². The SMILES string of the molecule is CN1CCC(N2CCCC(c3cccc(C4CCCN4C)c3)C2)CC1. The second kappa shape index (κ2) is 7.77. The topological polar surface area (TPSA) is 9.72 Å². The van der Waals surface area contributed by atoms with Gasteiger partial charge < -0.3 is 4.90 Å². The number of rotatable bonds is 3. The van der Waals surface area contributed by atoms with Gasteiger partial charge in [0.25, 0.3) is 0 Å². The highest BCUT2D eigenvalue weighted by Crippen LogP contribution is 2.34. The highest BCUT2D eigenvalue weighted by molar-refractivity contribution is 5.30. The van der Waals surface area contributed by atoms with E-state index >= 15 is 0 Å². The van der Waals surface area contributed by atoms with E-state index in [0.717, 1.165) is 12.0 Å². The van der Waals surface area contributed by atoms with Crippen molar-refractivity contribution in [2.45, 2.75) is 56.5 Å². The summed E-state index contributed by atoms with van der Waals surface area (Å²) >= 11 is 0. The first-order valence-electron chi connectivity index (χ1n) is 10.4. The zero-order valence-corrected chi connectivity index (χ0v) is 16.2. The average molecular weight is 342 g/mol. The summed E-state index contributed by atoms with van der Waals surface area (Å²) in [5.74, 6) is 0.736. The van der Waals surface area contributed by atoms with Gasteiger partial charge >= 0.3 is 0 Å². The van der Waals surface area contributed by atoms with Crippen LogP contribution in [0.3, 0.4) is 0 Å². The molecule has 4 rings (SSSR count). The molecule has 0 N–H and O–H groups in total. The van der Waals surface area contributed by atoms with E-state index in [1.807, 2.05) is 0 Å². The van der Waals surface area contributed by atoms with E-state index in [9.17, 15) is 0 Å². The van der Waals surface area contributed by atoms with E-state index in [1.54, 1.807) is 11.1 Å². The standard InChI is InChI=1S/C22H35N3/c1-23-14-10-21(11-15-23)25-13-4-8-20(17-25)18-6-3-7-19(16-18)22-9-5-12-24(22)2/h3,6-7,16,20-22H,4-5,8-15,17H2,1-2H3. The largest absolute Gasteiger partial charge is 0.306 e. The summed E-state index contributed by atoms with van der Waals surface area (Å²) in [5.41, 5.74) is 3.14. The Hall–Kier alpha value is -0.900. The number of nitrogens with zero attached hydrogens (tertiary/aromatic N) is 3. The van der Waals surface area contributed by atoms with Crippen LogP contribution in [0.4, 0.5) is 0 Å². The Morgan fingerprint density at radius 3 is 2.36 bits per heavy atom. The van der Waals surface area contributed by atoms with Crippen molar-refractivity contribution in [1.82, 2.24) is 14.7 Å². The average Bonchev–Trinajstić information content (AvgIpc) is 3.09. The van der Waals surface area contributed by atoms with E-state index in [-0.39, 0.29) is 0 Å². The van der Waals surface area contributed by atoms with Gasteiger partial charge in [-0.3, -0.25) is 9.80 Å². The summed E-state index contributed by atoms with van der Waals surface area (Å²) in [4.78, 5) is 7.83. The minimum atomic E-state index is 0.647. The Kier molecular flexibility index (Phi) is 5.44. The molecule has 0 aromatic heterocycles. The molecule has 0 saturated carbocycles. The van der Waals surface area contributed by atoms with Crippen molar-refractivity contribution in [3.05, 3.63) is 35.4 Å². The molecule has 3 aliphatic rings. The number of piperidine rings is 2. The van der Waals surface area contributed by atoms with Gasteiger partial charge in [-0.1, -0.05) is 24.3 Å². The Morgan fingerprint density at radius 2 is 1.60 bits per heavy atom. The van der Waals surface area contributed by atoms with Crippen LogP contribution >= 0.6 is 0 Å². The van der Waals surface area contributed by atoms with Gasteiger partial charge in [-0.25, -0.2) is 0 Å². The predicted octanol–water partition coefficient (Wildman–Crippen LogP) is 3.73. The molecule has 3 aliphatic heterocycles. The first kappa shape index (κ1) is 17.5. The molecule has 2 atom stereocenters. The molecule has 0 aliphatic carbocycles. The lowest BCUT2D eigenvalue weighted by Crippen LogP contribution is -2.47. The molecule has 0 amide bonds. The molecule has 2 unspecified atom stereocenters. The quantitative estimate of drug-likeness (QED) is 0.829. The predicted molar refractivity (Wildman–Crippen MR) is 105 cm³/mol. The van der Waals surface area contributed by atoms with E-state index < -0.39 is 0 Å². The van der Waals surface area contributed by atoms with Gasteiger partial charge in [0, 0.05) is 18.6 Å². The highest BCUT2D eigenvalue weighted by atomic mass is 15.2.